The molecule has 4 heteroatoms. The zero-order valence-electron chi connectivity index (χ0n) is 25.0. The average molecular weight is 563 g/mol. The molecule has 4 rings (SSSR count). The monoisotopic (exact) mass is 562 g/mol. The van der Waals surface area contributed by atoms with Gasteiger partial charge in [-0.05, 0) is 35.1 Å². The lowest BCUT2D eigenvalue weighted by molar-refractivity contribution is 0.110. The van der Waals surface area contributed by atoms with E-state index in [4.69, 9.17) is 4.65 Å². The maximum atomic E-state index is 9.29. The third-order valence-electron chi connectivity index (χ3n) is 8.53. The highest BCUT2D eigenvalue weighted by molar-refractivity contribution is 6.32. The van der Waals surface area contributed by atoms with Crippen LogP contribution in [0.4, 0.5) is 0 Å². The van der Waals surface area contributed by atoms with Gasteiger partial charge in [0.05, 0.1) is 6.10 Å². The van der Waals surface area contributed by atoms with Crippen LogP contribution < -0.4 is 0 Å². The minimum atomic E-state index is -1.73. The fourth-order valence-electron chi connectivity index (χ4n) is 6.36. The summed E-state index contributed by atoms with van der Waals surface area (Å²) in [6.07, 6.45) is 13.9. The lowest BCUT2D eigenvalue weighted by Gasteiger charge is -2.36. The zero-order valence-corrected chi connectivity index (χ0v) is 25.0. The molecule has 0 aliphatic heterocycles. The summed E-state index contributed by atoms with van der Waals surface area (Å²) in [5, 5.41) is 18.6. The molecule has 220 valence electrons. The van der Waals surface area contributed by atoms with Gasteiger partial charge in [0.25, 0.3) is 0 Å². The van der Waals surface area contributed by atoms with Crippen molar-refractivity contribution in [1.82, 2.24) is 0 Å². The number of unbranched alkanes of at least 4 members (excludes halogenated alkanes) is 9. The molecule has 0 saturated heterocycles. The fraction of sp³-hybridized carbons (Fsp3) is 0.368. The van der Waals surface area contributed by atoms with Gasteiger partial charge in [0.1, 0.15) is 0 Å². The van der Waals surface area contributed by atoms with Gasteiger partial charge in [-0.3, -0.25) is 0 Å². The van der Waals surface area contributed by atoms with Gasteiger partial charge < -0.3 is 14.7 Å². The Kier molecular flexibility index (Phi) is 13.4. The molecule has 1 unspecified atom stereocenters. The molecule has 0 bridgehead atoms. The molecule has 0 aliphatic rings. The van der Waals surface area contributed by atoms with Crippen LogP contribution in [0.25, 0.3) is 0 Å². The van der Waals surface area contributed by atoms with Crippen molar-refractivity contribution >= 4 is 7.32 Å². The fourth-order valence-corrected chi connectivity index (χ4v) is 6.36. The number of benzene rings is 4. The highest BCUT2D eigenvalue weighted by Crippen LogP contribution is 2.43. The Bertz CT molecular complexity index is 1140. The molecule has 0 radical (unpaired) electrons. The minimum Gasteiger partial charge on any atom is -0.402 e. The van der Waals surface area contributed by atoms with Crippen LogP contribution in [0.3, 0.4) is 0 Å². The molecule has 0 amide bonds. The first-order valence-corrected chi connectivity index (χ1v) is 15.9. The van der Waals surface area contributed by atoms with Crippen molar-refractivity contribution in [3.8, 4) is 0 Å². The van der Waals surface area contributed by atoms with Crippen molar-refractivity contribution < 1.29 is 14.7 Å². The van der Waals surface area contributed by atoms with E-state index in [1.54, 1.807) is 0 Å². The van der Waals surface area contributed by atoms with E-state index in [0.29, 0.717) is 0 Å². The SMILES string of the molecule is OB(O)OC(CCCCCCCCCCCCC(c1ccccc1)(c1ccccc1)c1ccccc1)c1ccccc1. The summed E-state index contributed by atoms with van der Waals surface area (Å²) in [5.74, 6) is 0. The van der Waals surface area contributed by atoms with Crippen molar-refractivity contribution in [2.45, 2.75) is 88.6 Å². The first-order valence-electron chi connectivity index (χ1n) is 15.9. The Morgan fingerprint density at radius 3 is 1.24 bits per heavy atom. The van der Waals surface area contributed by atoms with Crippen LogP contribution in [0, 0.1) is 0 Å². The van der Waals surface area contributed by atoms with Crippen LogP contribution in [0.5, 0.6) is 0 Å². The Hall–Kier alpha value is -3.18. The topological polar surface area (TPSA) is 49.7 Å². The van der Waals surface area contributed by atoms with E-state index in [-0.39, 0.29) is 11.5 Å². The molecule has 0 fully saturated rings. The lowest BCUT2D eigenvalue weighted by Crippen LogP contribution is -2.29. The van der Waals surface area contributed by atoms with Crippen molar-refractivity contribution in [2.75, 3.05) is 0 Å². The van der Waals surface area contributed by atoms with Gasteiger partial charge in [0.15, 0.2) is 0 Å². The molecule has 2 N–H and O–H groups in total. The van der Waals surface area contributed by atoms with Crippen LogP contribution in [0.1, 0.15) is 105 Å². The molecule has 0 aliphatic carbocycles. The summed E-state index contributed by atoms with van der Waals surface area (Å²) < 4.78 is 5.34. The smallest absolute Gasteiger partial charge is 0.402 e. The molecular weight excluding hydrogens is 515 g/mol. The second-order valence-electron chi connectivity index (χ2n) is 11.4. The van der Waals surface area contributed by atoms with Crippen LogP contribution in [-0.4, -0.2) is 17.4 Å². The summed E-state index contributed by atoms with van der Waals surface area (Å²) >= 11 is 0. The van der Waals surface area contributed by atoms with Gasteiger partial charge in [0, 0.05) is 5.41 Å². The molecule has 1 atom stereocenters. The van der Waals surface area contributed by atoms with Gasteiger partial charge in [-0.15, -0.1) is 0 Å². The Morgan fingerprint density at radius 2 is 0.833 bits per heavy atom. The van der Waals surface area contributed by atoms with Gasteiger partial charge >= 0.3 is 7.32 Å². The molecule has 0 spiro atoms. The molecule has 4 aromatic carbocycles. The van der Waals surface area contributed by atoms with E-state index >= 15 is 0 Å². The van der Waals surface area contributed by atoms with Gasteiger partial charge in [-0.25, -0.2) is 0 Å². The first-order chi connectivity index (χ1) is 20.7. The second-order valence-corrected chi connectivity index (χ2v) is 11.4. The van der Waals surface area contributed by atoms with E-state index < -0.39 is 7.32 Å². The molecule has 4 aromatic rings. The quantitative estimate of drug-likeness (QED) is 0.0680. The minimum absolute atomic E-state index is 0.135. The average Bonchev–Trinajstić information content (AvgIpc) is 3.04. The Morgan fingerprint density at radius 1 is 0.476 bits per heavy atom. The largest absolute Gasteiger partial charge is 0.634 e. The van der Waals surface area contributed by atoms with Crippen molar-refractivity contribution in [3.63, 3.8) is 0 Å². The van der Waals surface area contributed by atoms with Crippen molar-refractivity contribution in [3.05, 3.63) is 144 Å². The molecule has 0 saturated carbocycles. The zero-order chi connectivity index (χ0) is 29.3. The summed E-state index contributed by atoms with van der Waals surface area (Å²) in [7, 11) is -1.73. The molecule has 0 aromatic heterocycles. The molecule has 0 heterocycles. The summed E-state index contributed by atoms with van der Waals surface area (Å²) in [5.41, 5.74) is 4.98. The van der Waals surface area contributed by atoms with E-state index in [1.165, 1.54) is 68.1 Å². The third-order valence-corrected chi connectivity index (χ3v) is 8.53. The standard InChI is InChI=1S/C38H47BO3/c40-39(41)42-37(33-23-13-9-14-24-33)31-21-7-5-3-1-2-4-6-8-22-32-38(34-25-15-10-16-26-34,35-27-17-11-18-28-35)36-29-19-12-20-30-36/h9-20,23-30,37,40-41H,1-8,21-22,31-32H2. The predicted molar refractivity (Wildman–Crippen MR) is 175 cm³/mol. The van der Waals surface area contributed by atoms with E-state index in [1.807, 2.05) is 30.3 Å². The van der Waals surface area contributed by atoms with E-state index in [0.717, 1.165) is 31.2 Å². The summed E-state index contributed by atoms with van der Waals surface area (Å²) in [4.78, 5) is 0. The first kappa shape index (κ1) is 31.8. The molecule has 42 heavy (non-hydrogen) atoms. The molecular formula is C38H47BO3. The third kappa shape index (κ3) is 9.42. The van der Waals surface area contributed by atoms with Crippen LogP contribution in [0.15, 0.2) is 121 Å². The lowest BCUT2D eigenvalue weighted by atomic mass is 9.66. The molecule has 3 nitrogen and oxygen atoms in total. The van der Waals surface area contributed by atoms with Gasteiger partial charge in [-0.2, -0.15) is 0 Å². The number of rotatable bonds is 19. The second kappa shape index (κ2) is 17.7. The maximum Gasteiger partial charge on any atom is 0.634 e. The Labute approximate surface area is 253 Å². The van der Waals surface area contributed by atoms with Gasteiger partial charge in [-0.1, -0.05) is 186 Å². The summed E-state index contributed by atoms with van der Waals surface area (Å²) in [6.45, 7) is 0. The Balaban J connectivity index is 1.18. The van der Waals surface area contributed by atoms with Crippen LogP contribution in [-0.2, 0) is 10.1 Å². The number of hydrogen-bond donors (Lipinski definition) is 2. The predicted octanol–water partition coefficient (Wildman–Crippen LogP) is 9.43. The van der Waals surface area contributed by atoms with E-state index in [2.05, 4.69) is 91.0 Å². The highest BCUT2D eigenvalue weighted by atomic mass is 16.6. The normalized spacial score (nSPS) is 12.2. The van der Waals surface area contributed by atoms with E-state index in [9.17, 15) is 10.0 Å². The maximum absolute atomic E-state index is 9.29. The number of hydrogen-bond acceptors (Lipinski definition) is 3. The van der Waals surface area contributed by atoms with Crippen LogP contribution in [0.2, 0.25) is 0 Å². The van der Waals surface area contributed by atoms with Crippen LogP contribution >= 0.6 is 0 Å². The summed E-state index contributed by atoms with van der Waals surface area (Å²) in [6, 6.07) is 43.0. The van der Waals surface area contributed by atoms with Crippen molar-refractivity contribution in [2.24, 2.45) is 0 Å². The van der Waals surface area contributed by atoms with Gasteiger partial charge in [0.2, 0.25) is 0 Å². The van der Waals surface area contributed by atoms with Crippen molar-refractivity contribution in [1.29, 1.82) is 0 Å². The highest BCUT2D eigenvalue weighted by Gasteiger charge is 2.35.